The minimum Gasteiger partial charge on any atom is -0.497 e. The van der Waals surface area contributed by atoms with Gasteiger partial charge in [0, 0.05) is 36.1 Å². The zero-order chi connectivity index (χ0) is 24.4. The maximum absolute atomic E-state index is 12.9. The molecule has 3 aromatic rings. The number of methoxy groups -OCH3 is 1. The van der Waals surface area contributed by atoms with E-state index in [2.05, 4.69) is 28.8 Å². The van der Waals surface area contributed by atoms with Crippen LogP contribution >= 0.6 is 0 Å². The molecule has 35 heavy (non-hydrogen) atoms. The Morgan fingerprint density at radius 2 is 1.77 bits per heavy atom. The molecule has 180 valence electrons. The van der Waals surface area contributed by atoms with Crippen LogP contribution < -0.4 is 20.3 Å². The predicted octanol–water partition coefficient (Wildman–Crippen LogP) is 5.69. The van der Waals surface area contributed by atoms with E-state index in [0.717, 1.165) is 40.7 Å². The summed E-state index contributed by atoms with van der Waals surface area (Å²) in [5.41, 5.74) is 5.93. The Hall–Kier alpha value is -3.80. The van der Waals surface area contributed by atoms with Crippen molar-refractivity contribution in [1.29, 1.82) is 0 Å². The van der Waals surface area contributed by atoms with E-state index in [0.29, 0.717) is 12.3 Å². The lowest BCUT2D eigenvalue weighted by Gasteiger charge is -2.20. The van der Waals surface area contributed by atoms with Crippen molar-refractivity contribution >= 4 is 34.6 Å². The van der Waals surface area contributed by atoms with Crippen molar-refractivity contribution in [1.82, 2.24) is 0 Å². The fourth-order valence-corrected chi connectivity index (χ4v) is 4.61. The van der Waals surface area contributed by atoms with Gasteiger partial charge in [-0.2, -0.15) is 0 Å². The van der Waals surface area contributed by atoms with Crippen molar-refractivity contribution in [3.63, 3.8) is 0 Å². The van der Waals surface area contributed by atoms with Crippen LogP contribution in [0.1, 0.15) is 30.4 Å². The maximum atomic E-state index is 12.9. The largest absolute Gasteiger partial charge is 0.497 e. The molecule has 1 saturated carbocycles. The Balaban J connectivity index is 1.21. The number of amides is 2. The van der Waals surface area contributed by atoms with Crippen LogP contribution in [-0.4, -0.2) is 25.5 Å². The Morgan fingerprint density at radius 1 is 1.03 bits per heavy atom. The minimum atomic E-state index is -0.403. The van der Waals surface area contributed by atoms with Gasteiger partial charge in [-0.25, -0.2) is 0 Å². The van der Waals surface area contributed by atoms with Gasteiger partial charge in [-0.15, -0.1) is 0 Å². The molecule has 1 unspecified atom stereocenters. The van der Waals surface area contributed by atoms with Crippen LogP contribution in [0.2, 0.25) is 0 Å². The van der Waals surface area contributed by atoms with Gasteiger partial charge in [0.15, 0.2) is 0 Å². The van der Waals surface area contributed by atoms with Crippen molar-refractivity contribution in [2.45, 2.75) is 32.6 Å². The van der Waals surface area contributed by atoms with E-state index in [9.17, 15) is 9.59 Å². The summed E-state index contributed by atoms with van der Waals surface area (Å²) >= 11 is 0. The van der Waals surface area contributed by atoms with Gasteiger partial charge in [0.05, 0.1) is 18.7 Å². The standard InChI is InChI=1S/C29H31N3O3/c1-19-7-14-25(35-2)17-27(19)32-18-22(16-28(32)33)29(34)31-24-12-10-23(11-13-24)30-26-6-4-3-5-21(26)15-20-8-9-20/h3-7,10-14,17,20,22,30H,8-9,15-16,18H2,1-2H3,(H,31,34). The number of para-hydroxylation sites is 1. The van der Waals surface area contributed by atoms with Crippen molar-refractivity contribution in [2.24, 2.45) is 11.8 Å². The van der Waals surface area contributed by atoms with Gasteiger partial charge in [0.1, 0.15) is 5.75 Å². The molecule has 2 amide bonds. The summed E-state index contributed by atoms with van der Waals surface area (Å²) in [6.45, 7) is 2.31. The Bertz CT molecular complexity index is 1230. The van der Waals surface area contributed by atoms with Crippen molar-refractivity contribution in [2.75, 3.05) is 29.2 Å². The molecule has 1 aliphatic heterocycles. The summed E-state index contributed by atoms with van der Waals surface area (Å²) < 4.78 is 5.31. The second-order valence-corrected chi connectivity index (χ2v) is 9.55. The summed E-state index contributed by atoms with van der Waals surface area (Å²) in [6.07, 6.45) is 3.96. The molecule has 2 aliphatic rings. The summed E-state index contributed by atoms with van der Waals surface area (Å²) in [5, 5.41) is 6.49. The molecular weight excluding hydrogens is 438 g/mol. The van der Waals surface area contributed by atoms with E-state index in [-0.39, 0.29) is 18.2 Å². The molecule has 1 saturated heterocycles. The number of aryl methyl sites for hydroxylation is 1. The first-order valence-corrected chi connectivity index (χ1v) is 12.2. The third-order valence-corrected chi connectivity index (χ3v) is 6.86. The van der Waals surface area contributed by atoms with Gasteiger partial charge < -0.3 is 20.3 Å². The number of anilines is 4. The van der Waals surface area contributed by atoms with Crippen LogP contribution in [0.25, 0.3) is 0 Å². The summed E-state index contributed by atoms with van der Waals surface area (Å²) in [4.78, 5) is 27.3. The molecule has 6 nitrogen and oxygen atoms in total. The zero-order valence-electron chi connectivity index (χ0n) is 20.2. The first-order chi connectivity index (χ1) is 17.0. The third-order valence-electron chi connectivity index (χ3n) is 6.86. The molecule has 2 N–H and O–H groups in total. The summed E-state index contributed by atoms with van der Waals surface area (Å²) in [7, 11) is 1.60. The number of hydrogen-bond donors (Lipinski definition) is 2. The van der Waals surface area contributed by atoms with Crippen molar-refractivity contribution < 1.29 is 14.3 Å². The predicted molar refractivity (Wildman–Crippen MR) is 139 cm³/mol. The van der Waals surface area contributed by atoms with E-state index in [1.807, 2.05) is 55.5 Å². The first kappa shape index (κ1) is 23.0. The highest BCUT2D eigenvalue weighted by molar-refractivity contribution is 6.04. The number of nitrogens with zero attached hydrogens (tertiary/aromatic N) is 1. The highest BCUT2D eigenvalue weighted by atomic mass is 16.5. The molecular formula is C29H31N3O3. The fourth-order valence-electron chi connectivity index (χ4n) is 4.61. The zero-order valence-corrected chi connectivity index (χ0v) is 20.2. The lowest BCUT2D eigenvalue weighted by atomic mass is 10.1. The first-order valence-electron chi connectivity index (χ1n) is 12.2. The average molecular weight is 470 g/mol. The lowest BCUT2D eigenvalue weighted by Crippen LogP contribution is -2.28. The van der Waals surface area contributed by atoms with Crippen LogP contribution in [-0.2, 0) is 16.0 Å². The monoisotopic (exact) mass is 469 g/mol. The van der Waals surface area contributed by atoms with Gasteiger partial charge in [0.25, 0.3) is 0 Å². The number of hydrogen-bond acceptors (Lipinski definition) is 4. The molecule has 3 aromatic carbocycles. The van der Waals surface area contributed by atoms with Crippen molar-refractivity contribution in [3.05, 3.63) is 77.9 Å². The van der Waals surface area contributed by atoms with E-state index in [4.69, 9.17) is 4.74 Å². The molecule has 1 atom stereocenters. The van der Waals surface area contributed by atoms with Gasteiger partial charge in [-0.1, -0.05) is 24.3 Å². The SMILES string of the molecule is COc1ccc(C)c(N2CC(C(=O)Nc3ccc(Nc4ccccc4CC4CC4)cc3)CC2=O)c1. The van der Waals surface area contributed by atoms with Gasteiger partial charge >= 0.3 is 0 Å². The topological polar surface area (TPSA) is 70.7 Å². The maximum Gasteiger partial charge on any atom is 0.229 e. The highest BCUT2D eigenvalue weighted by Gasteiger charge is 2.36. The quantitative estimate of drug-likeness (QED) is 0.445. The third kappa shape index (κ3) is 5.32. The second-order valence-electron chi connectivity index (χ2n) is 9.55. The van der Waals surface area contributed by atoms with Crippen LogP contribution in [0, 0.1) is 18.8 Å². The number of nitrogens with one attached hydrogen (secondary N) is 2. The fraction of sp³-hybridized carbons (Fsp3) is 0.310. The van der Waals surface area contributed by atoms with Crippen LogP contribution in [0.15, 0.2) is 66.7 Å². The smallest absolute Gasteiger partial charge is 0.229 e. The van der Waals surface area contributed by atoms with Gasteiger partial charge in [-0.05, 0) is 79.6 Å². The average Bonchev–Trinajstić information content (AvgIpc) is 3.60. The van der Waals surface area contributed by atoms with Crippen LogP contribution in [0.3, 0.4) is 0 Å². The van der Waals surface area contributed by atoms with Crippen LogP contribution in [0.5, 0.6) is 5.75 Å². The molecule has 0 bridgehead atoms. The number of carbonyl (C=O) groups is 2. The van der Waals surface area contributed by atoms with Gasteiger partial charge in [0.2, 0.25) is 11.8 Å². The number of benzene rings is 3. The molecule has 1 heterocycles. The Morgan fingerprint density at radius 3 is 2.51 bits per heavy atom. The molecule has 0 aromatic heterocycles. The molecule has 0 spiro atoms. The molecule has 2 fully saturated rings. The molecule has 6 heteroatoms. The Labute approximate surface area is 206 Å². The normalized spacial score (nSPS) is 17.4. The van der Waals surface area contributed by atoms with E-state index < -0.39 is 5.92 Å². The minimum absolute atomic E-state index is 0.0501. The van der Waals surface area contributed by atoms with Gasteiger partial charge in [-0.3, -0.25) is 9.59 Å². The van der Waals surface area contributed by atoms with E-state index >= 15 is 0 Å². The van der Waals surface area contributed by atoms with Crippen molar-refractivity contribution in [3.8, 4) is 5.75 Å². The summed E-state index contributed by atoms with van der Waals surface area (Å²) in [5.74, 6) is 0.917. The second kappa shape index (κ2) is 9.82. The number of rotatable bonds is 8. The molecule has 5 rings (SSSR count). The number of ether oxygens (including phenoxy) is 1. The molecule has 1 aliphatic carbocycles. The highest BCUT2D eigenvalue weighted by Crippen LogP contribution is 2.35. The Kier molecular flexibility index (Phi) is 6.45. The number of carbonyl (C=O) groups excluding carboxylic acids is 2. The van der Waals surface area contributed by atoms with E-state index in [1.165, 1.54) is 18.4 Å². The van der Waals surface area contributed by atoms with Crippen LogP contribution in [0.4, 0.5) is 22.7 Å². The molecule has 0 radical (unpaired) electrons. The lowest BCUT2D eigenvalue weighted by molar-refractivity contribution is -0.122. The summed E-state index contributed by atoms with van der Waals surface area (Å²) in [6, 6.07) is 21.8. The van der Waals surface area contributed by atoms with E-state index in [1.54, 1.807) is 12.0 Å².